The average Bonchev–Trinajstić information content (AvgIpc) is 2.94. The van der Waals surface area contributed by atoms with Gasteiger partial charge in [-0.05, 0) is 64.5 Å². The number of hydrogen-bond donors (Lipinski definition) is 2. The van der Waals surface area contributed by atoms with E-state index in [4.69, 9.17) is 14.2 Å². The van der Waals surface area contributed by atoms with Gasteiger partial charge in [-0.25, -0.2) is 0 Å². The number of ether oxygens (including phenoxy) is 3. The van der Waals surface area contributed by atoms with Crippen molar-refractivity contribution in [2.24, 2.45) is 0 Å². The van der Waals surface area contributed by atoms with E-state index in [1.54, 1.807) is 0 Å². The van der Waals surface area contributed by atoms with Crippen LogP contribution in [0.4, 0.5) is 0 Å². The maximum atomic E-state index is 10.7. The molecule has 2 atom stereocenters. The highest BCUT2D eigenvalue weighted by Gasteiger charge is 2.36. The van der Waals surface area contributed by atoms with Gasteiger partial charge in [-0.2, -0.15) is 0 Å². The zero-order chi connectivity index (χ0) is 27.4. The van der Waals surface area contributed by atoms with Crippen molar-refractivity contribution in [3.63, 3.8) is 0 Å². The van der Waals surface area contributed by atoms with E-state index in [0.29, 0.717) is 24.7 Å². The second-order valence-electron chi connectivity index (χ2n) is 11.9. The van der Waals surface area contributed by atoms with Gasteiger partial charge in [-0.3, -0.25) is 0 Å². The summed E-state index contributed by atoms with van der Waals surface area (Å²) in [6.45, 7) is 9.53. The van der Waals surface area contributed by atoms with E-state index in [2.05, 4.69) is 13.8 Å². The van der Waals surface area contributed by atoms with Crippen molar-refractivity contribution in [2.75, 3.05) is 13.2 Å². The Morgan fingerprint density at radius 2 is 1.05 bits per heavy atom. The van der Waals surface area contributed by atoms with E-state index < -0.39 is 0 Å². The summed E-state index contributed by atoms with van der Waals surface area (Å²) in [5.41, 5.74) is 3.43. The quantitative estimate of drug-likeness (QED) is 0.252. The highest BCUT2D eigenvalue weighted by Crippen LogP contribution is 2.47. The number of hydrogen-bond acceptors (Lipinski definition) is 5. The zero-order valence-corrected chi connectivity index (χ0v) is 23.4. The fourth-order valence-corrected chi connectivity index (χ4v) is 6.37. The van der Waals surface area contributed by atoms with E-state index in [0.717, 1.165) is 93.8 Å². The fourth-order valence-electron chi connectivity index (χ4n) is 6.37. The molecule has 5 heteroatoms. The van der Waals surface area contributed by atoms with E-state index in [-0.39, 0.29) is 11.2 Å². The van der Waals surface area contributed by atoms with Crippen LogP contribution in [0.5, 0.6) is 23.0 Å². The molecular formula is C34H38O5. The molecule has 2 aliphatic rings. The van der Waals surface area contributed by atoms with Crippen LogP contribution in [0.2, 0.25) is 0 Å². The topological polar surface area (TPSA) is 68.2 Å². The zero-order valence-electron chi connectivity index (χ0n) is 23.4. The van der Waals surface area contributed by atoms with E-state index >= 15 is 0 Å². The van der Waals surface area contributed by atoms with Crippen molar-refractivity contribution >= 4 is 21.5 Å². The summed E-state index contributed by atoms with van der Waals surface area (Å²) in [5.74, 6) is 2.54. The molecule has 4 aromatic rings. The molecule has 2 unspecified atom stereocenters. The standard InChI is InChI=1S/C34H38O5/c1-21-23-13-15-33(3,38-31(23)27-11-7-5-9-25(27)29(21)35)17-19-37-20-18-34(4)16-14-24-22(2)30(36)26-10-6-8-12-28(26)32(24)39-34/h5-12,35-36H,13-20H2,1-4H3. The predicted molar refractivity (Wildman–Crippen MR) is 155 cm³/mol. The average molecular weight is 527 g/mol. The Morgan fingerprint density at radius 1 is 0.667 bits per heavy atom. The van der Waals surface area contributed by atoms with E-state index in [1.165, 1.54) is 0 Å². The minimum absolute atomic E-state index is 0.318. The van der Waals surface area contributed by atoms with Gasteiger partial charge >= 0.3 is 0 Å². The maximum Gasteiger partial charge on any atom is 0.131 e. The van der Waals surface area contributed by atoms with Gasteiger partial charge in [-0.15, -0.1) is 0 Å². The summed E-state index contributed by atoms with van der Waals surface area (Å²) in [6.07, 6.45) is 5.13. The third-order valence-corrected chi connectivity index (χ3v) is 9.07. The summed E-state index contributed by atoms with van der Waals surface area (Å²) < 4.78 is 19.5. The molecule has 2 aliphatic heterocycles. The SMILES string of the molecule is Cc1c2c(c3ccccc3c1O)OC(C)(CCOCCC1(C)CCc3c(C)c(O)c4ccccc4c3O1)CC2. The van der Waals surface area contributed by atoms with Crippen molar-refractivity contribution in [3.05, 3.63) is 70.8 Å². The number of rotatable bonds is 6. The molecule has 5 nitrogen and oxygen atoms in total. The lowest BCUT2D eigenvalue weighted by Gasteiger charge is -2.38. The fraction of sp³-hybridized carbons (Fsp3) is 0.412. The Labute approximate surface area is 230 Å². The lowest BCUT2D eigenvalue weighted by Crippen LogP contribution is -2.39. The van der Waals surface area contributed by atoms with Gasteiger partial charge in [0, 0.05) is 45.5 Å². The summed E-state index contributed by atoms with van der Waals surface area (Å²) >= 11 is 0. The second kappa shape index (κ2) is 9.63. The molecule has 0 aliphatic carbocycles. The molecule has 0 aromatic heterocycles. The minimum atomic E-state index is -0.318. The lowest BCUT2D eigenvalue weighted by molar-refractivity contribution is -0.00418. The van der Waals surface area contributed by atoms with Gasteiger partial charge in [-0.1, -0.05) is 48.5 Å². The van der Waals surface area contributed by atoms with Crippen LogP contribution in [0, 0.1) is 13.8 Å². The molecule has 6 rings (SSSR count). The first kappa shape index (κ1) is 25.8. The first-order valence-electron chi connectivity index (χ1n) is 14.1. The van der Waals surface area contributed by atoms with Crippen LogP contribution >= 0.6 is 0 Å². The Balaban J connectivity index is 1.09. The third kappa shape index (κ3) is 4.47. The summed E-state index contributed by atoms with van der Waals surface area (Å²) in [7, 11) is 0. The van der Waals surface area contributed by atoms with Gasteiger partial charge < -0.3 is 24.4 Å². The summed E-state index contributed by atoms with van der Waals surface area (Å²) in [4.78, 5) is 0. The lowest BCUT2D eigenvalue weighted by atomic mass is 9.86. The van der Waals surface area contributed by atoms with Crippen LogP contribution in [-0.4, -0.2) is 34.6 Å². The number of aromatic hydroxyl groups is 2. The van der Waals surface area contributed by atoms with Gasteiger partial charge in [0.1, 0.15) is 34.2 Å². The van der Waals surface area contributed by atoms with Crippen molar-refractivity contribution in [1.29, 1.82) is 0 Å². The van der Waals surface area contributed by atoms with Crippen molar-refractivity contribution in [3.8, 4) is 23.0 Å². The van der Waals surface area contributed by atoms with Gasteiger partial charge in [0.25, 0.3) is 0 Å². The molecule has 0 saturated carbocycles. The van der Waals surface area contributed by atoms with Crippen LogP contribution in [0.15, 0.2) is 48.5 Å². The number of fused-ring (bicyclic) bond motifs is 6. The molecule has 0 amide bonds. The molecule has 0 bridgehead atoms. The van der Waals surface area contributed by atoms with Crippen LogP contribution in [0.1, 0.15) is 61.8 Å². The van der Waals surface area contributed by atoms with Gasteiger partial charge in [0.05, 0.1) is 13.2 Å². The molecule has 0 saturated heterocycles. The smallest absolute Gasteiger partial charge is 0.131 e. The molecule has 0 fully saturated rings. The number of benzene rings is 4. The molecular weight excluding hydrogens is 488 g/mol. The van der Waals surface area contributed by atoms with Crippen molar-refractivity contribution < 1.29 is 24.4 Å². The number of phenolic OH excluding ortho intramolecular Hbond substituents is 2. The molecule has 0 spiro atoms. The van der Waals surface area contributed by atoms with Crippen LogP contribution in [-0.2, 0) is 17.6 Å². The van der Waals surface area contributed by atoms with E-state index in [1.807, 2.05) is 62.4 Å². The number of phenols is 2. The highest BCUT2D eigenvalue weighted by atomic mass is 16.5. The monoisotopic (exact) mass is 526 g/mol. The Bertz CT molecular complexity index is 1460. The normalized spacial score (nSPS) is 22.3. The molecule has 204 valence electrons. The molecule has 4 aromatic carbocycles. The summed E-state index contributed by atoms with van der Waals surface area (Å²) in [6, 6.07) is 15.9. The predicted octanol–water partition coefficient (Wildman–Crippen LogP) is 7.69. The molecule has 2 heterocycles. The second-order valence-corrected chi connectivity index (χ2v) is 11.9. The first-order valence-corrected chi connectivity index (χ1v) is 14.1. The minimum Gasteiger partial charge on any atom is -0.507 e. The van der Waals surface area contributed by atoms with Gasteiger partial charge in [0.15, 0.2) is 0 Å². The van der Waals surface area contributed by atoms with Crippen LogP contribution < -0.4 is 9.47 Å². The Kier molecular flexibility index (Phi) is 6.38. The Hall–Kier alpha value is -3.44. The Morgan fingerprint density at radius 3 is 1.46 bits per heavy atom. The largest absolute Gasteiger partial charge is 0.507 e. The highest BCUT2D eigenvalue weighted by molar-refractivity contribution is 5.96. The van der Waals surface area contributed by atoms with Gasteiger partial charge in [0.2, 0.25) is 0 Å². The molecule has 39 heavy (non-hydrogen) atoms. The van der Waals surface area contributed by atoms with Crippen molar-refractivity contribution in [2.45, 2.75) is 77.4 Å². The van der Waals surface area contributed by atoms with Crippen molar-refractivity contribution in [1.82, 2.24) is 0 Å². The third-order valence-electron chi connectivity index (χ3n) is 9.07. The molecule has 2 N–H and O–H groups in total. The van der Waals surface area contributed by atoms with Crippen LogP contribution in [0.3, 0.4) is 0 Å². The van der Waals surface area contributed by atoms with E-state index in [9.17, 15) is 10.2 Å². The first-order chi connectivity index (χ1) is 18.7. The molecule has 0 radical (unpaired) electrons. The maximum absolute atomic E-state index is 10.7. The van der Waals surface area contributed by atoms with Crippen LogP contribution in [0.25, 0.3) is 21.5 Å². The summed E-state index contributed by atoms with van der Waals surface area (Å²) in [5, 5.41) is 25.0.